The van der Waals surface area contributed by atoms with Gasteiger partial charge in [0.2, 0.25) is 0 Å². The van der Waals surface area contributed by atoms with Crippen molar-refractivity contribution in [2.45, 2.75) is 33.7 Å². The highest BCUT2D eigenvalue weighted by molar-refractivity contribution is 5.75. The number of nitrogens with zero attached hydrogens (tertiary/aromatic N) is 1. The molecule has 2 amide bonds. The summed E-state index contributed by atoms with van der Waals surface area (Å²) in [6.45, 7) is 6.37. The number of aryl methyl sites for hydroxylation is 1. The van der Waals surface area contributed by atoms with Gasteiger partial charge in [-0.3, -0.25) is 9.78 Å². The Hall–Kier alpha value is -2.11. The van der Waals surface area contributed by atoms with Gasteiger partial charge in [0, 0.05) is 25.5 Å². The first-order chi connectivity index (χ1) is 9.90. The minimum Gasteiger partial charge on any atom is -0.481 e. The highest BCUT2D eigenvalue weighted by Crippen LogP contribution is 2.11. The Morgan fingerprint density at radius 2 is 2.05 bits per heavy atom. The number of urea groups is 1. The van der Waals surface area contributed by atoms with E-state index in [0.717, 1.165) is 11.1 Å². The molecule has 1 atom stereocenters. The van der Waals surface area contributed by atoms with Crippen molar-refractivity contribution in [1.29, 1.82) is 0 Å². The van der Waals surface area contributed by atoms with Crippen molar-refractivity contribution in [3.63, 3.8) is 0 Å². The van der Waals surface area contributed by atoms with Crippen LogP contribution < -0.4 is 10.6 Å². The second kappa shape index (κ2) is 8.24. The van der Waals surface area contributed by atoms with Crippen molar-refractivity contribution in [3.05, 3.63) is 29.6 Å². The zero-order valence-corrected chi connectivity index (χ0v) is 12.7. The third-order valence-corrected chi connectivity index (χ3v) is 3.19. The van der Waals surface area contributed by atoms with Gasteiger partial charge in [0.1, 0.15) is 0 Å². The molecule has 0 bridgehead atoms. The fraction of sp³-hybridized carbons (Fsp3) is 0.533. The van der Waals surface area contributed by atoms with Crippen molar-refractivity contribution >= 4 is 12.0 Å². The van der Waals surface area contributed by atoms with E-state index in [1.165, 1.54) is 0 Å². The SMILES string of the molecule is Cc1cnccc1CNC(=O)NCC(CC(C)C)C(=O)O. The second-order valence-electron chi connectivity index (χ2n) is 5.53. The van der Waals surface area contributed by atoms with E-state index >= 15 is 0 Å². The number of pyridine rings is 1. The molecular formula is C15H23N3O3. The number of hydrogen-bond donors (Lipinski definition) is 3. The van der Waals surface area contributed by atoms with E-state index in [9.17, 15) is 9.59 Å². The number of amides is 2. The van der Waals surface area contributed by atoms with Crippen LogP contribution in [0.1, 0.15) is 31.4 Å². The average Bonchev–Trinajstić information content (AvgIpc) is 2.41. The number of carboxylic acid groups (broad SMARTS) is 1. The molecule has 0 aliphatic rings. The third-order valence-electron chi connectivity index (χ3n) is 3.19. The number of aromatic nitrogens is 1. The van der Waals surface area contributed by atoms with Gasteiger partial charge >= 0.3 is 12.0 Å². The topological polar surface area (TPSA) is 91.3 Å². The predicted molar refractivity (Wildman–Crippen MR) is 79.8 cm³/mol. The molecule has 1 aromatic rings. The summed E-state index contributed by atoms with van der Waals surface area (Å²) in [5.74, 6) is -1.16. The van der Waals surface area contributed by atoms with Gasteiger partial charge in [-0.05, 0) is 36.5 Å². The van der Waals surface area contributed by atoms with Gasteiger partial charge in [0.25, 0.3) is 0 Å². The van der Waals surface area contributed by atoms with E-state index in [-0.39, 0.29) is 18.5 Å². The molecule has 0 spiro atoms. The van der Waals surface area contributed by atoms with E-state index in [1.807, 2.05) is 26.8 Å². The summed E-state index contributed by atoms with van der Waals surface area (Å²) < 4.78 is 0. The second-order valence-corrected chi connectivity index (χ2v) is 5.53. The van der Waals surface area contributed by atoms with Gasteiger partial charge in [0.05, 0.1) is 5.92 Å². The number of rotatable bonds is 7. The molecule has 0 saturated heterocycles. The Kier molecular flexibility index (Phi) is 6.65. The van der Waals surface area contributed by atoms with Gasteiger partial charge < -0.3 is 15.7 Å². The van der Waals surface area contributed by atoms with Gasteiger partial charge in [-0.1, -0.05) is 13.8 Å². The van der Waals surface area contributed by atoms with E-state index in [1.54, 1.807) is 12.4 Å². The lowest BCUT2D eigenvalue weighted by Gasteiger charge is -2.16. The first kappa shape index (κ1) is 16.9. The Bertz CT molecular complexity index is 489. The van der Waals surface area contributed by atoms with Gasteiger partial charge in [0.15, 0.2) is 0 Å². The van der Waals surface area contributed by atoms with Crippen molar-refractivity contribution in [2.24, 2.45) is 11.8 Å². The first-order valence-corrected chi connectivity index (χ1v) is 7.04. The number of aliphatic carboxylic acids is 1. The predicted octanol–water partition coefficient (Wildman–Crippen LogP) is 1.94. The Morgan fingerprint density at radius 3 is 2.62 bits per heavy atom. The Balaban J connectivity index is 2.39. The Morgan fingerprint density at radius 1 is 1.33 bits per heavy atom. The van der Waals surface area contributed by atoms with Gasteiger partial charge in [-0.2, -0.15) is 0 Å². The highest BCUT2D eigenvalue weighted by Gasteiger charge is 2.19. The molecule has 6 heteroatoms. The maximum atomic E-state index is 11.7. The van der Waals surface area contributed by atoms with Crippen LogP contribution in [-0.2, 0) is 11.3 Å². The van der Waals surface area contributed by atoms with Crippen LogP contribution in [0.4, 0.5) is 4.79 Å². The molecule has 0 saturated carbocycles. The molecule has 1 aromatic heterocycles. The van der Waals surface area contributed by atoms with E-state index in [0.29, 0.717) is 13.0 Å². The quantitative estimate of drug-likeness (QED) is 0.716. The number of carbonyl (C=O) groups excluding carboxylic acids is 1. The largest absolute Gasteiger partial charge is 0.481 e. The van der Waals surface area contributed by atoms with E-state index < -0.39 is 11.9 Å². The fourth-order valence-corrected chi connectivity index (χ4v) is 1.99. The molecule has 0 aromatic carbocycles. The summed E-state index contributed by atoms with van der Waals surface area (Å²) in [4.78, 5) is 26.8. The molecule has 1 rings (SSSR count). The lowest BCUT2D eigenvalue weighted by atomic mass is 9.97. The summed E-state index contributed by atoms with van der Waals surface area (Å²) in [6, 6.07) is 1.48. The molecule has 21 heavy (non-hydrogen) atoms. The molecule has 0 aliphatic heterocycles. The van der Waals surface area contributed by atoms with Crippen LogP contribution in [0.3, 0.4) is 0 Å². The lowest BCUT2D eigenvalue weighted by molar-refractivity contribution is -0.142. The summed E-state index contributed by atoms with van der Waals surface area (Å²) in [7, 11) is 0. The van der Waals surface area contributed by atoms with Gasteiger partial charge in [-0.25, -0.2) is 4.79 Å². The monoisotopic (exact) mass is 293 g/mol. The number of carboxylic acids is 1. The number of nitrogens with one attached hydrogen (secondary N) is 2. The molecule has 116 valence electrons. The molecule has 1 unspecified atom stereocenters. The van der Waals surface area contributed by atoms with Crippen molar-refractivity contribution in [1.82, 2.24) is 15.6 Å². The maximum absolute atomic E-state index is 11.7. The van der Waals surface area contributed by atoms with Crippen molar-refractivity contribution in [3.8, 4) is 0 Å². The van der Waals surface area contributed by atoms with Crippen LogP contribution in [0.15, 0.2) is 18.5 Å². The number of hydrogen-bond acceptors (Lipinski definition) is 3. The van der Waals surface area contributed by atoms with Gasteiger partial charge in [-0.15, -0.1) is 0 Å². The third kappa shape index (κ3) is 6.25. The normalized spacial score (nSPS) is 12.0. The molecule has 0 radical (unpaired) electrons. The first-order valence-electron chi connectivity index (χ1n) is 7.04. The molecule has 1 heterocycles. The zero-order chi connectivity index (χ0) is 15.8. The minimum absolute atomic E-state index is 0.134. The maximum Gasteiger partial charge on any atom is 0.315 e. The van der Waals surface area contributed by atoms with Crippen LogP contribution in [0, 0.1) is 18.8 Å². The summed E-state index contributed by atoms with van der Waals surface area (Å²) in [5, 5.41) is 14.4. The lowest BCUT2D eigenvalue weighted by Crippen LogP contribution is -2.40. The van der Waals surface area contributed by atoms with Crippen molar-refractivity contribution in [2.75, 3.05) is 6.54 Å². The van der Waals surface area contributed by atoms with Crippen LogP contribution in [0.25, 0.3) is 0 Å². The van der Waals surface area contributed by atoms with Crippen LogP contribution >= 0.6 is 0 Å². The fourth-order valence-electron chi connectivity index (χ4n) is 1.99. The molecule has 3 N–H and O–H groups in total. The number of carbonyl (C=O) groups is 2. The summed E-state index contributed by atoms with van der Waals surface area (Å²) in [5.41, 5.74) is 1.98. The molecule has 0 fully saturated rings. The highest BCUT2D eigenvalue weighted by atomic mass is 16.4. The molecular weight excluding hydrogens is 270 g/mol. The minimum atomic E-state index is -0.881. The zero-order valence-electron chi connectivity index (χ0n) is 12.7. The smallest absolute Gasteiger partial charge is 0.315 e. The summed E-state index contributed by atoms with van der Waals surface area (Å²) >= 11 is 0. The van der Waals surface area contributed by atoms with Crippen LogP contribution in [0.2, 0.25) is 0 Å². The summed E-state index contributed by atoms with van der Waals surface area (Å²) in [6.07, 6.45) is 3.95. The van der Waals surface area contributed by atoms with E-state index in [2.05, 4.69) is 15.6 Å². The average molecular weight is 293 g/mol. The van der Waals surface area contributed by atoms with E-state index in [4.69, 9.17) is 5.11 Å². The molecule has 0 aliphatic carbocycles. The van der Waals surface area contributed by atoms with Crippen LogP contribution in [0.5, 0.6) is 0 Å². The standard InChI is InChI=1S/C15H23N3O3/c1-10(2)6-13(14(19)20)9-18-15(21)17-8-12-4-5-16-7-11(12)3/h4-5,7,10,13H,6,8-9H2,1-3H3,(H,19,20)(H2,17,18,21). The van der Waals surface area contributed by atoms with Crippen LogP contribution in [-0.4, -0.2) is 28.6 Å². The van der Waals surface area contributed by atoms with Crippen molar-refractivity contribution < 1.29 is 14.7 Å². The Labute approximate surface area is 125 Å². The molecule has 6 nitrogen and oxygen atoms in total.